The van der Waals surface area contributed by atoms with Crippen LogP contribution in [0, 0.1) is 6.92 Å². The number of phenols is 1. The van der Waals surface area contributed by atoms with Crippen LogP contribution in [0.1, 0.15) is 52.9 Å². The highest BCUT2D eigenvalue weighted by molar-refractivity contribution is 6.36. The second-order valence-corrected chi connectivity index (χ2v) is 13.8. The summed E-state index contributed by atoms with van der Waals surface area (Å²) < 4.78 is 131. The third-order valence-electron chi connectivity index (χ3n) is 10.1. The summed E-state index contributed by atoms with van der Waals surface area (Å²) >= 11 is 6.57. The fourth-order valence-electron chi connectivity index (χ4n) is 7.70. The van der Waals surface area contributed by atoms with Crippen molar-refractivity contribution in [2.75, 3.05) is 35.2 Å². The minimum Gasteiger partial charge on any atom is -0.506 e. The Balaban J connectivity index is 1.51. The van der Waals surface area contributed by atoms with Gasteiger partial charge in [-0.3, -0.25) is 9.59 Å². The summed E-state index contributed by atoms with van der Waals surface area (Å²) in [6, 6.07) is 1.41. The number of hydrogen-bond donors (Lipinski definition) is 2. The molecule has 15 nitrogen and oxygen atoms in total. The van der Waals surface area contributed by atoms with Crippen molar-refractivity contribution in [2.45, 2.75) is 68.7 Å². The Hall–Kier alpha value is -4.93. The molecule has 2 aliphatic carbocycles. The van der Waals surface area contributed by atoms with Crippen LogP contribution in [0.5, 0.6) is 17.2 Å². The maximum Gasteiger partial charge on any atom is 0.425 e. The highest BCUT2D eigenvalue weighted by atomic mass is 35.5. The molecule has 22 heteroatoms. The van der Waals surface area contributed by atoms with Crippen molar-refractivity contribution in [3.8, 4) is 28.4 Å². The molecule has 0 spiro atoms. The number of rotatable bonds is 8. The van der Waals surface area contributed by atoms with Gasteiger partial charge in [-0.05, 0) is 18.6 Å². The minimum atomic E-state index is -5.27. The Labute approximate surface area is 325 Å². The molecule has 6 atom stereocenters. The molecule has 3 aliphatic rings. The zero-order valence-electron chi connectivity index (χ0n) is 30.6. The SMILES string of the molecule is COC1CC(OC(=O)C(OC)C(F)(F)F)C(OC)c2oc3c4c5c(c(O)c3c(=O)c21)-c1c(cc2c(Cl)c(C)[nH]c(=O)c2c1OC(=O)C(OC)C(F)(F)F)CC5OCO4. The van der Waals surface area contributed by atoms with Gasteiger partial charge in [0.2, 0.25) is 5.43 Å². The first-order chi connectivity index (χ1) is 27.3. The summed E-state index contributed by atoms with van der Waals surface area (Å²) in [5, 5.41) is 11.0. The zero-order valence-corrected chi connectivity index (χ0v) is 31.3. The number of fused-ring (bicyclic) bond motifs is 6. The van der Waals surface area contributed by atoms with E-state index in [0.29, 0.717) is 14.2 Å². The number of carbonyl (C=O) groups excluding carboxylic acids is 2. The number of aromatic amines is 1. The largest absolute Gasteiger partial charge is 0.506 e. The van der Waals surface area contributed by atoms with Gasteiger partial charge in [0.25, 0.3) is 17.8 Å². The fourth-order valence-corrected chi connectivity index (χ4v) is 7.90. The van der Waals surface area contributed by atoms with Gasteiger partial charge in [-0.25, -0.2) is 9.59 Å². The van der Waals surface area contributed by atoms with Crippen LogP contribution in [0.2, 0.25) is 5.02 Å². The molecular formula is C36H30ClF6NO14. The molecule has 4 aromatic rings. The summed E-state index contributed by atoms with van der Waals surface area (Å²) in [7, 11) is 3.51. The number of aromatic hydroxyl groups is 1. The van der Waals surface area contributed by atoms with Crippen LogP contribution in [-0.2, 0) is 44.4 Å². The number of phenolic OH excluding ortho intramolecular Hbond substituents is 1. The summed E-state index contributed by atoms with van der Waals surface area (Å²) in [5.41, 5.74) is -3.09. The Kier molecular flexibility index (Phi) is 10.5. The Morgan fingerprint density at radius 3 is 2.21 bits per heavy atom. The van der Waals surface area contributed by atoms with Gasteiger partial charge in [-0.1, -0.05) is 11.6 Å². The Bertz CT molecular complexity index is 2500. The number of carbonyl (C=O) groups is 2. The lowest BCUT2D eigenvalue weighted by Crippen LogP contribution is -2.44. The highest BCUT2D eigenvalue weighted by Crippen LogP contribution is 2.58. The number of benzene rings is 2. The van der Waals surface area contributed by atoms with Crippen molar-refractivity contribution in [1.82, 2.24) is 4.98 Å². The molecule has 0 radical (unpaired) electrons. The molecule has 0 amide bonds. The van der Waals surface area contributed by atoms with Crippen LogP contribution in [0.15, 0.2) is 20.1 Å². The number of methoxy groups -OCH3 is 4. The van der Waals surface area contributed by atoms with Crippen LogP contribution < -0.4 is 20.5 Å². The number of aromatic nitrogens is 1. The van der Waals surface area contributed by atoms with E-state index in [0.717, 1.165) is 14.2 Å². The molecule has 7 rings (SSSR count). The molecule has 2 aromatic heterocycles. The first-order valence-electron chi connectivity index (χ1n) is 17.0. The monoisotopic (exact) mass is 849 g/mol. The first-order valence-corrected chi connectivity index (χ1v) is 17.3. The second kappa shape index (κ2) is 14.7. The molecule has 2 aromatic carbocycles. The van der Waals surface area contributed by atoms with Gasteiger partial charge in [-0.15, -0.1) is 0 Å². The topological polar surface area (TPSA) is 191 Å². The normalized spacial score (nSPS) is 21.1. The summed E-state index contributed by atoms with van der Waals surface area (Å²) in [6.45, 7) is 0.972. The van der Waals surface area contributed by atoms with Gasteiger partial charge in [0, 0.05) is 69.1 Å². The third-order valence-corrected chi connectivity index (χ3v) is 10.6. The van der Waals surface area contributed by atoms with Crippen LogP contribution in [-0.4, -0.2) is 87.9 Å². The van der Waals surface area contributed by atoms with E-state index in [9.17, 15) is 50.6 Å². The molecule has 0 fully saturated rings. The van der Waals surface area contributed by atoms with E-state index in [1.807, 2.05) is 0 Å². The molecule has 3 heterocycles. The number of pyridine rings is 1. The number of H-pyrrole nitrogens is 1. The summed E-state index contributed by atoms with van der Waals surface area (Å²) in [4.78, 5) is 56.6. The highest BCUT2D eigenvalue weighted by Gasteiger charge is 2.51. The average Bonchev–Trinajstić information content (AvgIpc) is 3.13. The fraction of sp³-hybridized carbons (Fsp3) is 0.444. The van der Waals surface area contributed by atoms with Crippen molar-refractivity contribution in [3.05, 3.63) is 59.8 Å². The minimum absolute atomic E-state index is 0.0362. The summed E-state index contributed by atoms with van der Waals surface area (Å²) in [5.74, 6) is -6.09. The number of aryl methyl sites for hydroxylation is 1. The number of halogens is 7. The predicted molar refractivity (Wildman–Crippen MR) is 184 cm³/mol. The second-order valence-electron chi connectivity index (χ2n) is 13.4. The Morgan fingerprint density at radius 1 is 0.948 bits per heavy atom. The van der Waals surface area contributed by atoms with E-state index in [-0.39, 0.29) is 61.9 Å². The van der Waals surface area contributed by atoms with Gasteiger partial charge in [0.1, 0.15) is 23.0 Å². The van der Waals surface area contributed by atoms with E-state index < -0.39 is 113 Å². The van der Waals surface area contributed by atoms with E-state index in [4.69, 9.17) is 44.4 Å². The maximum absolute atomic E-state index is 14.6. The van der Waals surface area contributed by atoms with Crippen molar-refractivity contribution < 1.29 is 83.4 Å². The standard InChI is InChI=1S/C36H30ClF6NO14/c1-10-22(37)12-6-11-7-14-18-20(16(11)26(17(12)32(47)44-10)58-34(49)31(53-5)36(41,42)43)24(46)21-23(45)19-13(50-2)8-15(56-33(48)30(52-4)35(38,39)40)25(51-3)28(19)57-29(21)27(18)55-9-54-14/h6,13-15,25,30-31,46H,7-9H2,1-5H3,(H,44,47). The molecule has 312 valence electrons. The lowest BCUT2D eigenvalue weighted by molar-refractivity contribution is -0.231. The zero-order chi connectivity index (χ0) is 42.3. The molecule has 0 bridgehead atoms. The molecule has 0 saturated heterocycles. The van der Waals surface area contributed by atoms with Crippen LogP contribution in [0.4, 0.5) is 26.3 Å². The van der Waals surface area contributed by atoms with Gasteiger partial charge >= 0.3 is 24.3 Å². The van der Waals surface area contributed by atoms with Gasteiger partial charge in [0.05, 0.1) is 28.2 Å². The number of nitrogens with one attached hydrogen (secondary N) is 1. The third kappa shape index (κ3) is 6.43. The molecule has 0 saturated carbocycles. The number of ether oxygens (including phenoxy) is 8. The van der Waals surface area contributed by atoms with Crippen LogP contribution in [0.3, 0.4) is 0 Å². The molecular weight excluding hydrogens is 820 g/mol. The lowest BCUT2D eigenvalue weighted by atomic mass is 9.79. The number of hydrogen-bond acceptors (Lipinski definition) is 14. The van der Waals surface area contributed by atoms with Crippen molar-refractivity contribution in [3.63, 3.8) is 0 Å². The molecule has 6 unspecified atom stereocenters. The predicted octanol–water partition coefficient (Wildman–Crippen LogP) is 5.68. The van der Waals surface area contributed by atoms with Crippen molar-refractivity contribution >= 4 is 45.3 Å². The van der Waals surface area contributed by atoms with Crippen molar-refractivity contribution in [1.29, 1.82) is 0 Å². The smallest absolute Gasteiger partial charge is 0.425 e. The van der Waals surface area contributed by atoms with Crippen molar-refractivity contribution in [2.24, 2.45) is 0 Å². The van der Waals surface area contributed by atoms with Crippen LogP contribution in [0.25, 0.3) is 32.9 Å². The van der Waals surface area contributed by atoms with E-state index in [1.54, 1.807) is 0 Å². The quantitative estimate of drug-likeness (QED) is 0.125. The average molecular weight is 850 g/mol. The number of esters is 2. The molecule has 58 heavy (non-hydrogen) atoms. The van der Waals surface area contributed by atoms with Gasteiger partial charge < -0.3 is 52.4 Å². The Morgan fingerprint density at radius 2 is 1.60 bits per heavy atom. The van der Waals surface area contributed by atoms with E-state index in [1.165, 1.54) is 13.0 Å². The number of alkyl halides is 6. The lowest BCUT2D eigenvalue weighted by Gasteiger charge is -2.37. The first kappa shape index (κ1) is 41.2. The maximum atomic E-state index is 14.6. The molecule has 2 N–H and O–H groups in total. The molecule has 1 aliphatic heterocycles. The van der Waals surface area contributed by atoms with Crippen LogP contribution >= 0.6 is 11.6 Å². The van der Waals surface area contributed by atoms with Gasteiger partial charge in [-0.2, -0.15) is 26.3 Å². The summed E-state index contributed by atoms with van der Waals surface area (Å²) in [6.07, 6.45) is -22.6. The van der Waals surface area contributed by atoms with Gasteiger partial charge in [0.15, 0.2) is 30.0 Å². The van der Waals surface area contributed by atoms with E-state index in [2.05, 4.69) is 14.5 Å². The van der Waals surface area contributed by atoms with E-state index >= 15 is 0 Å².